The smallest absolute Gasteiger partial charge is 0.282 e. The average molecular weight is 266 g/mol. The van der Waals surface area contributed by atoms with Crippen LogP contribution in [0.4, 0.5) is 0 Å². The van der Waals surface area contributed by atoms with Crippen molar-refractivity contribution in [1.82, 2.24) is 0 Å². The number of hydrogen-bond acceptors (Lipinski definition) is 3. The molecule has 4 heteroatoms. The van der Waals surface area contributed by atoms with Crippen LogP contribution in [0.15, 0.2) is 30.8 Å². The van der Waals surface area contributed by atoms with E-state index in [9.17, 15) is 0 Å². The van der Waals surface area contributed by atoms with Gasteiger partial charge in [-0.15, -0.1) is 0 Å². The molecule has 3 nitrogen and oxygen atoms in total. The first-order valence-corrected chi connectivity index (χ1v) is 7.55. The van der Waals surface area contributed by atoms with Gasteiger partial charge in [-0.05, 0) is 38.5 Å². The average Bonchev–Trinajstić information content (AvgIpc) is 2.38. The SMILES string of the molecule is C=Cc1ccc(O[SiH2]C(C)(OCC)OCC)cc1. The van der Waals surface area contributed by atoms with Gasteiger partial charge in [0.2, 0.25) is 0 Å². The summed E-state index contributed by atoms with van der Waals surface area (Å²) in [7, 11) is -0.980. The molecule has 0 unspecified atom stereocenters. The summed E-state index contributed by atoms with van der Waals surface area (Å²) in [5.41, 5.74) is 0.530. The highest BCUT2D eigenvalue weighted by Crippen LogP contribution is 2.16. The third-order valence-corrected chi connectivity index (χ3v) is 3.93. The van der Waals surface area contributed by atoms with Gasteiger partial charge < -0.3 is 13.9 Å². The number of benzene rings is 1. The molecule has 100 valence electrons. The van der Waals surface area contributed by atoms with Gasteiger partial charge in [0.25, 0.3) is 9.76 Å². The van der Waals surface area contributed by atoms with Crippen molar-refractivity contribution < 1.29 is 13.9 Å². The summed E-state index contributed by atoms with van der Waals surface area (Å²) in [6, 6.07) is 7.86. The summed E-state index contributed by atoms with van der Waals surface area (Å²) >= 11 is 0. The molecule has 0 N–H and O–H groups in total. The molecule has 0 bridgehead atoms. The molecule has 0 fully saturated rings. The monoisotopic (exact) mass is 266 g/mol. The Morgan fingerprint density at radius 1 is 1.17 bits per heavy atom. The Kier molecular flexibility index (Phi) is 6.11. The van der Waals surface area contributed by atoms with Crippen LogP contribution >= 0.6 is 0 Å². The van der Waals surface area contributed by atoms with E-state index in [-0.39, 0.29) is 0 Å². The lowest BCUT2D eigenvalue weighted by Gasteiger charge is -2.28. The van der Waals surface area contributed by atoms with E-state index in [1.54, 1.807) is 0 Å². The zero-order valence-electron chi connectivity index (χ0n) is 11.4. The summed E-state index contributed by atoms with van der Waals surface area (Å²) in [6.07, 6.45) is 1.81. The van der Waals surface area contributed by atoms with Crippen LogP contribution in [0.3, 0.4) is 0 Å². The predicted octanol–water partition coefficient (Wildman–Crippen LogP) is 2.54. The Bertz CT molecular complexity index is 356. The summed E-state index contributed by atoms with van der Waals surface area (Å²) in [5, 5.41) is 0. The van der Waals surface area contributed by atoms with Gasteiger partial charge in [-0.1, -0.05) is 24.8 Å². The molecule has 1 rings (SSSR count). The Morgan fingerprint density at radius 3 is 2.17 bits per heavy atom. The fourth-order valence-electron chi connectivity index (χ4n) is 1.65. The lowest BCUT2D eigenvalue weighted by Crippen LogP contribution is -2.42. The molecule has 18 heavy (non-hydrogen) atoms. The predicted molar refractivity (Wildman–Crippen MR) is 77.4 cm³/mol. The third kappa shape index (κ3) is 4.64. The standard InChI is InChI=1S/C14H22O3Si/c1-5-12-8-10-13(11-9-12)17-18-14(4,15-6-2)16-7-3/h5,8-11H,1,6-7,18H2,2-4H3. The van der Waals surface area contributed by atoms with E-state index in [0.717, 1.165) is 11.3 Å². The zero-order chi connectivity index (χ0) is 13.4. The summed E-state index contributed by atoms with van der Waals surface area (Å²) < 4.78 is 17.1. The maximum absolute atomic E-state index is 5.83. The lowest BCUT2D eigenvalue weighted by molar-refractivity contribution is -0.167. The first-order valence-electron chi connectivity index (χ1n) is 6.26. The summed E-state index contributed by atoms with van der Waals surface area (Å²) in [4.78, 5) is 0. The van der Waals surface area contributed by atoms with Crippen molar-refractivity contribution in [3.63, 3.8) is 0 Å². The minimum Gasteiger partial charge on any atom is -0.543 e. The summed E-state index contributed by atoms with van der Waals surface area (Å²) in [5.74, 6) is 0.859. The molecule has 0 heterocycles. The number of hydrogen-bond donors (Lipinski definition) is 0. The highest BCUT2D eigenvalue weighted by atomic mass is 28.2. The van der Waals surface area contributed by atoms with Crippen LogP contribution in [0.2, 0.25) is 0 Å². The molecular weight excluding hydrogens is 244 g/mol. The fourth-order valence-corrected chi connectivity index (χ4v) is 2.85. The van der Waals surface area contributed by atoms with E-state index in [1.807, 2.05) is 51.1 Å². The second-order valence-corrected chi connectivity index (χ2v) is 5.92. The van der Waals surface area contributed by atoms with Crippen molar-refractivity contribution >= 4 is 15.8 Å². The van der Waals surface area contributed by atoms with Crippen LogP contribution in [-0.4, -0.2) is 28.4 Å². The molecule has 0 atom stereocenters. The van der Waals surface area contributed by atoms with Crippen molar-refractivity contribution in [3.05, 3.63) is 36.4 Å². The van der Waals surface area contributed by atoms with Crippen LogP contribution in [0.25, 0.3) is 6.08 Å². The van der Waals surface area contributed by atoms with Crippen LogP contribution in [0.5, 0.6) is 5.75 Å². The van der Waals surface area contributed by atoms with Gasteiger partial charge in [0.05, 0.1) is 0 Å². The van der Waals surface area contributed by atoms with Crippen molar-refractivity contribution in [2.45, 2.75) is 26.2 Å². The molecule has 1 aromatic carbocycles. The largest absolute Gasteiger partial charge is 0.543 e. The van der Waals surface area contributed by atoms with E-state index < -0.39 is 15.2 Å². The molecule has 0 aliphatic heterocycles. The van der Waals surface area contributed by atoms with Gasteiger partial charge in [0.1, 0.15) is 5.75 Å². The van der Waals surface area contributed by atoms with Crippen LogP contribution in [0.1, 0.15) is 26.3 Å². The third-order valence-electron chi connectivity index (χ3n) is 2.52. The minimum atomic E-state index is -0.980. The van der Waals surface area contributed by atoms with E-state index in [2.05, 4.69) is 6.58 Å². The zero-order valence-corrected chi connectivity index (χ0v) is 12.9. The maximum Gasteiger partial charge on any atom is 0.282 e. The van der Waals surface area contributed by atoms with Crippen molar-refractivity contribution in [2.75, 3.05) is 13.2 Å². The van der Waals surface area contributed by atoms with Gasteiger partial charge in [0, 0.05) is 13.2 Å². The van der Waals surface area contributed by atoms with E-state index in [1.165, 1.54) is 0 Å². The van der Waals surface area contributed by atoms with Gasteiger partial charge >= 0.3 is 0 Å². The van der Waals surface area contributed by atoms with E-state index >= 15 is 0 Å². The Morgan fingerprint density at radius 2 is 1.72 bits per heavy atom. The maximum atomic E-state index is 5.83. The second kappa shape index (κ2) is 7.36. The highest BCUT2D eigenvalue weighted by molar-refractivity contribution is 6.31. The lowest BCUT2D eigenvalue weighted by atomic mass is 10.2. The molecule has 0 amide bonds. The van der Waals surface area contributed by atoms with Crippen LogP contribution < -0.4 is 4.43 Å². The molecule has 1 aromatic rings. The van der Waals surface area contributed by atoms with Gasteiger partial charge in [-0.3, -0.25) is 0 Å². The normalized spacial score (nSPS) is 11.9. The molecule has 0 aromatic heterocycles. The molecule has 0 aliphatic rings. The number of rotatable bonds is 8. The molecule has 0 radical (unpaired) electrons. The fraction of sp³-hybridized carbons (Fsp3) is 0.429. The number of ether oxygens (including phenoxy) is 2. The van der Waals surface area contributed by atoms with E-state index in [4.69, 9.17) is 13.9 Å². The Labute approximate surface area is 112 Å². The summed E-state index contributed by atoms with van der Waals surface area (Å²) in [6.45, 7) is 10.9. The first-order chi connectivity index (χ1) is 8.63. The van der Waals surface area contributed by atoms with Crippen molar-refractivity contribution in [2.24, 2.45) is 0 Å². The highest BCUT2D eigenvalue weighted by Gasteiger charge is 2.27. The quantitative estimate of drug-likeness (QED) is 0.534. The van der Waals surface area contributed by atoms with Crippen molar-refractivity contribution in [3.8, 4) is 5.75 Å². The molecule has 0 saturated carbocycles. The van der Waals surface area contributed by atoms with Crippen molar-refractivity contribution in [1.29, 1.82) is 0 Å². The molecular formula is C14H22O3Si. The van der Waals surface area contributed by atoms with Crippen LogP contribution in [-0.2, 0) is 9.47 Å². The Balaban J connectivity index is 2.57. The van der Waals surface area contributed by atoms with Gasteiger partial charge in [0.15, 0.2) is 5.41 Å². The topological polar surface area (TPSA) is 27.7 Å². The molecule has 0 saturated heterocycles. The Hall–Kier alpha value is -1.10. The molecule has 0 spiro atoms. The van der Waals surface area contributed by atoms with Gasteiger partial charge in [-0.25, -0.2) is 0 Å². The molecule has 0 aliphatic carbocycles. The first kappa shape index (κ1) is 15.0. The van der Waals surface area contributed by atoms with Crippen LogP contribution in [0, 0.1) is 0 Å². The second-order valence-electron chi connectivity index (χ2n) is 4.06. The minimum absolute atomic E-state index is 0.555. The van der Waals surface area contributed by atoms with E-state index in [0.29, 0.717) is 13.2 Å². The van der Waals surface area contributed by atoms with Gasteiger partial charge in [-0.2, -0.15) is 0 Å².